The van der Waals surface area contributed by atoms with E-state index < -0.39 is 0 Å². The Labute approximate surface area is 74.9 Å². The Morgan fingerprint density at radius 1 is 1.17 bits per heavy atom. The number of ether oxygens (including phenoxy) is 1. The van der Waals surface area contributed by atoms with E-state index in [0.717, 1.165) is 19.1 Å². The first-order chi connectivity index (χ1) is 5.95. The van der Waals surface area contributed by atoms with E-state index in [-0.39, 0.29) is 0 Å². The Morgan fingerprint density at radius 3 is 2.67 bits per heavy atom. The molecule has 0 saturated carbocycles. The van der Waals surface area contributed by atoms with Gasteiger partial charge in [-0.25, -0.2) is 0 Å². The molecular weight excluding hydrogens is 150 g/mol. The van der Waals surface area contributed by atoms with Crippen LogP contribution < -0.4 is 0 Å². The fourth-order valence-corrected chi connectivity index (χ4v) is 2.23. The molecule has 2 saturated heterocycles. The summed E-state index contributed by atoms with van der Waals surface area (Å²) >= 11 is 0. The largest absolute Gasteiger partial charge is 0.381 e. The van der Waals surface area contributed by atoms with Gasteiger partial charge in [-0.2, -0.15) is 0 Å². The molecule has 2 aliphatic rings. The second-order valence-corrected chi connectivity index (χ2v) is 4.09. The summed E-state index contributed by atoms with van der Waals surface area (Å²) in [6, 6.07) is 0. The molecule has 70 valence electrons. The molecule has 2 rings (SSSR count). The highest BCUT2D eigenvalue weighted by atomic mass is 16.5. The quantitative estimate of drug-likeness (QED) is 0.621. The Hall–Kier alpha value is -0.0800. The normalized spacial score (nSPS) is 32.5. The molecule has 1 atom stereocenters. The van der Waals surface area contributed by atoms with E-state index in [2.05, 4.69) is 4.90 Å². The predicted molar refractivity (Wildman–Crippen MR) is 49.2 cm³/mol. The van der Waals surface area contributed by atoms with Crippen molar-refractivity contribution in [3.05, 3.63) is 0 Å². The van der Waals surface area contributed by atoms with Gasteiger partial charge >= 0.3 is 0 Å². The number of likely N-dealkylation sites (tertiary alicyclic amines) is 1. The summed E-state index contributed by atoms with van der Waals surface area (Å²) in [6.45, 7) is 5.96. The van der Waals surface area contributed by atoms with Gasteiger partial charge in [-0.15, -0.1) is 0 Å². The lowest BCUT2D eigenvalue weighted by molar-refractivity contribution is 0.157. The minimum Gasteiger partial charge on any atom is -0.381 e. The third-order valence-electron chi connectivity index (χ3n) is 2.99. The molecule has 0 aromatic carbocycles. The molecule has 0 radical (unpaired) electrons. The molecule has 0 spiro atoms. The molecular formula is C10H19NO. The van der Waals surface area contributed by atoms with Crippen molar-refractivity contribution in [3.8, 4) is 0 Å². The van der Waals surface area contributed by atoms with Crippen LogP contribution in [-0.2, 0) is 4.74 Å². The molecule has 0 aromatic heterocycles. The van der Waals surface area contributed by atoms with E-state index in [4.69, 9.17) is 4.74 Å². The van der Waals surface area contributed by atoms with Gasteiger partial charge in [0.1, 0.15) is 0 Å². The van der Waals surface area contributed by atoms with Crippen LogP contribution in [0.25, 0.3) is 0 Å². The first kappa shape index (κ1) is 8.52. The third-order valence-corrected chi connectivity index (χ3v) is 2.99. The Balaban J connectivity index is 1.69. The second kappa shape index (κ2) is 4.24. The molecule has 2 aliphatic heterocycles. The van der Waals surface area contributed by atoms with Crippen molar-refractivity contribution in [3.63, 3.8) is 0 Å². The van der Waals surface area contributed by atoms with Gasteiger partial charge in [0.25, 0.3) is 0 Å². The van der Waals surface area contributed by atoms with Crippen molar-refractivity contribution < 1.29 is 4.74 Å². The van der Waals surface area contributed by atoms with Crippen LogP contribution in [0, 0.1) is 5.92 Å². The topological polar surface area (TPSA) is 12.5 Å². The van der Waals surface area contributed by atoms with Crippen molar-refractivity contribution in [2.24, 2.45) is 5.92 Å². The summed E-state index contributed by atoms with van der Waals surface area (Å²) in [4.78, 5) is 2.61. The maximum Gasteiger partial charge on any atom is 0.0507 e. The zero-order chi connectivity index (χ0) is 8.23. The average molecular weight is 169 g/mol. The standard InChI is InChI=1S/C10H19NO/c1-2-5-11(6-3-1)8-10-4-7-12-9-10/h10H,1-9H2/t10-/m0/s1. The summed E-state index contributed by atoms with van der Waals surface area (Å²) in [5, 5.41) is 0. The van der Waals surface area contributed by atoms with Crippen molar-refractivity contribution in [1.82, 2.24) is 4.90 Å². The fourth-order valence-electron chi connectivity index (χ4n) is 2.23. The summed E-state index contributed by atoms with van der Waals surface area (Å²) < 4.78 is 5.37. The van der Waals surface area contributed by atoms with Gasteiger partial charge in [0.2, 0.25) is 0 Å². The molecule has 2 fully saturated rings. The van der Waals surface area contributed by atoms with E-state index in [0.29, 0.717) is 0 Å². The van der Waals surface area contributed by atoms with Crippen molar-refractivity contribution in [2.45, 2.75) is 25.7 Å². The lowest BCUT2D eigenvalue weighted by Gasteiger charge is -2.28. The minimum atomic E-state index is 0.836. The summed E-state index contributed by atoms with van der Waals surface area (Å²) in [7, 11) is 0. The summed E-state index contributed by atoms with van der Waals surface area (Å²) in [5.41, 5.74) is 0. The second-order valence-electron chi connectivity index (χ2n) is 4.09. The zero-order valence-electron chi connectivity index (χ0n) is 7.80. The Bertz CT molecular complexity index is 126. The van der Waals surface area contributed by atoms with Crippen molar-refractivity contribution >= 4 is 0 Å². The first-order valence-corrected chi connectivity index (χ1v) is 5.25. The van der Waals surface area contributed by atoms with Gasteiger partial charge in [-0.05, 0) is 38.3 Å². The van der Waals surface area contributed by atoms with Gasteiger partial charge in [0.15, 0.2) is 0 Å². The van der Waals surface area contributed by atoms with Crippen LogP contribution in [0.3, 0.4) is 0 Å². The molecule has 2 nitrogen and oxygen atoms in total. The lowest BCUT2D eigenvalue weighted by atomic mass is 10.1. The molecule has 0 aliphatic carbocycles. The van der Waals surface area contributed by atoms with E-state index in [1.807, 2.05) is 0 Å². The number of hydrogen-bond acceptors (Lipinski definition) is 2. The average Bonchev–Trinajstić information content (AvgIpc) is 2.59. The maximum atomic E-state index is 5.37. The highest BCUT2D eigenvalue weighted by Crippen LogP contribution is 2.16. The highest BCUT2D eigenvalue weighted by molar-refractivity contribution is 4.72. The molecule has 0 bridgehead atoms. The van der Waals surface area contributed by atoms with Crippen molar-refractivity contribution in [1.29, 1.82) is 0 Å². The van der Waals surface area contributed by atoms with E-state index in [1.54, 1.807) is 0 Å². The summed E-state index contributed by atoms with van der Waals surface area (Å²) in [6.07, 6.45) is 5.55. The minimum absolute atomic E-state index is 0.836. The van der Waals surface area contributed by atoms with Crippen molar-refractivity contribution in [2.75, 3.05) is 32.8 Å². The summed E-state index contributed by atoms with van der Waals surface area (Å²) in [5.74, 6) is 0.836. The predicted octanol–water partition coefficient (Wildman–Crippen LogP) is 1.51. The zero-order valence-corrected chi connectivity index (χ0v) is 7.80. The van der Waals surface area contributed by atoms with Gasteiger partial charge in [-0.1, -0.05) is 6.42 Å². The van der Waals surface area contributed by atoms with Crippen LogP contribution in [0.4, 0.5) is 0 Å². The monoisotopic (exact) mass is 169 g/mol. The SMILES string of the molecule is C1CCN(C[C@@H]2CCOC2)CC1. The Morgan fingerprint density at radius 2 is 2.00 bits per heavy atom. The molecule has 12 heavy (non-hydrogen) atoms. The van der Waals surface area contributed by atoms with Crippen LogP contribution in [0.2, 0.25) is 0 Å². The number of nitrogens with zero attached hydrogens (tertiary/aromatic N) is 1. The number of piperidine rings is 1. The number of rotatable bonds is 2. The molecule has 2 heteroatoms. The molecule has 2 heterocycles. The van der Waals surface area contributed by atoms with E-state index in [9.17, 15) is 0 Å². The first-order valence-electron chi connectivity index (χ1n) is 5.25. The van der Waals surface area contributed by atoms with Crippen LogP contribution in [0.1, 0.15) is 25.7 Å². The maximum absolute atomic E-state index is 5.37. The van der Waals surface area contributed by atoms with Crippen LogP contribution in [0.15, 0.2) is 0 Å². The van der Waals surface area contributed by atoms with Crippen LogP contribution >= 0.6 is 0 Å². The van der Waals surface area contributed by atoms with Gasteiger partial charge in [-0.3, -0.25) is 0 Å². The molecule has 0 unspecified atom stereocenters. The van der Waals surface area contributed by atoms with Crippen LogP contribution in [-0.4, -0.2) is 37.7 Å². The van der Waals surface area contributed by atoms with Gasteiger partial charge in [0, 0.05) is 13.2 Å². The molecule has 0 aromatic rings. The van der Waals surface area contributed by atoms with Gasteiger partial charge < -0.3 is 9.64 Å². The van der Waals surface area contributed by atoms with E-state index >= 15 is 0 Å². The highest BCUT2D eigenvalue weighted by Gasteiger charge is 2.19. The molecule has 0 N–H and O–H groups in total. The fraction of sp³-hybridized carbons (Fsp3) is 1.00. The molecule has 0 amide bonds. The lowest BCUT2D eigenvalue weighted by Crippen LogP contribution is -2.34. The van der Waals surface area contributed by atoms with Gasteiger partial charge in [0.05, 0.1) is 6.61 Å². The van der Waals surface area contributed by atoms with Crippen LogP contribution in [0.5, 0.6) is 0 Å². The number of hydrogen-bond donors (Lipinski definition) is 0. The third kappa shape index (κ3) is 2.20. The van der Waals surface area contributed by atoms with E-state index in [1.165, 1.54) is 45.3 Å². The Kier molecular flexibility index (Phi) is 3.01. The smallest absolute Gasteiger partial charge is 0.0507 e.